The zero-order valence-corrected chi connectivity index (χ0v) is 10.6. The summed E-state index contributed by atoms with van der Waals surface area (Å²) in [6, 6.07) is 0. The maximum Gasteiger partial charge on any atom is 0.222 e. The van der Waals surface area contributed by atoms with Crippen LogP contribution in [0.1, 0.15) is 40.5 Å². The number of carbonyl (C=O) groups excluding carboxylic acids is 1. The van der Waals surface area contributed by atoms with Gasteiger partial charge in [0.05, 0.1) is 0 Å². The molecule has 3 nitrogen and oxygen atoms in total. The summed E-state index contributed by atoms with van der Waals surface area (Å²) in [4.78, 5) is 13.8. The maximum atomic E-state index is 11.9. The molecule has 3 heteroatoms. The average molecular weight is 214 g/mol. The second-order valence-corrected chi connectivity index (χ2v) is 4.49. The molecule has 0 saturated carbocycles. The van der Waals surface area contributed by atoms with Crippen LogP contribution < -0.4 is 5.73 Å². The number of carbonyl (C=O) groups is 1. The molecule has 2 atom stereocenters. The summed E-state index contributed by atoms with van der Waals surface area (Å²) >= 11 is 0. The summed E-state index contributed by atoms with van der Waals surface area (Å²) in [5, 5.41) is 0. The second-order valence-electron chi connectivity index (χ2n) is 4.49. The van der Waals surface area contributed by atoms with E-state index in [2.05, 4.69) is 13.8 Å². The third-order valence-electron chi connectivity index (χ3n) is 2.89. The van der Waals surface area contributed by atoms with Crippen LogP contribution in [-0.4, -0.2) is 30.4 Å². The van der Waals surface area contributed by atoms with Gasteiger partial charge in [-0.15, -0.1) is 0 Å². The van der Waals surface area contributed by atoms with E-state index in [0.29, 0.717) is 24.8 Å². The van der Waals surface area contributed by atoms with Gasteiger partial charge in [0, 0.05) is 19.5 Å². The van der Waals surface area contributed by atoms with Crippen LogP contribution in [0.5, 0.6) is 0 Å². The van der Waals surface area contributed by atoms with Crippen molar-refractivity contribution in [3.05, 3.63) is 0 Å². The van der Waals surface area contributed by atoms with E-state index in [0.717, 1.165) is 19.5 Å². The molecular weight excluding hydrogens is 188 g/mol. The number of nitrogens with zero attached hydrogens (tertiary/aromatic N) is 1. The van der Waals surface area contributed by atoms with Crippen molar-refractivity contribution in [1.82, 2.24) is 4.90 Å². The fourth-order valence-corrected chi connectivity index (χ4v) is 1.42. The van der Waals surface area contributed by atoms with Crippen LogP contribution in [0.15, 0.2) is 0 Å². The third-order valence-corrected chi connectivity index (χ3v) is 2.89. The van der Waals surface area contributed by atoms with Gasteiger partial charge in [-0.25, -0.2) is 0 Å². The first-order valence-corrected chi connectivity index (χ1v) is 6.02. The van der Waals surface area contributed by atoms with Crippen molar-refractivity contribution >= 4 is 5.91 Å². The van der Waals surface area contributed by atoms with E-state index in [1.807, 2.05) is 18.7 Å². The van der Waals surface area contributed by atoms with Crippen molar-refractivity contribution in [1.29, 1.82) is 0 Å². The molecule has 0 radical (unpaired) electrons. The Kier molecular flexibility index (Phi) is 7.39. The van der Waals surface area contributed by atoms with Crippen LogP contribution in [0, 0.1) is 11.8 Å². The molecule has 0 aromatic heterocycles. The zero-order valence-electron chi connectivity index (χ0n) is 10.6. The van der Waals surface area contributed by atoms with Gasteiger partial charge >= 0.3 is 0 Å². The van der Waals surface area contributed by atoms with E-state index in [1.54, 1.807) is 0 Å². The van der Waals surface area contributed by atoms with Crippen LogP contribution in [0.4, 0.5) is 0 Å². The van der Waals surface area contributed by atoms with E-state index >= 15 is 0 Å². The van der Waals surface area contributed by atoms with Crippen molar-refractivity contribution in [2.24, 2.45) is 17.6 Å². The Morgan fingerprint density at radius 3 is 2.27 bits per heavy atom. The maximum absolute atomic E-state index is 11.9. The van der Waals surface area contributed by atoms with Crippen molar-refractivity contribution in [3.63, 3.8) is 0 Å². The van der Waals surface area contributed by atoms with Crippen LogP contribution in [0.2, 0.25) is 0 Å². The molecule has 0 saturated heterocycles. The lowest BCUT2D eigenvalue weighted by Gasteiger charge is -2.25. The lowest BCUT2D eigenvalue weighted by Crippen LogP contribution is -2.36. The van der Waals surface area contributed by atoms with Gasteiger partial charge in [0.2, 0.25) is 5.91 Å². The van der Waals surface area contributed by atoms with Gasteiger partial charge < -0.3 is 10.6 Å². The van der Waals surface area contributed by atoms with E-state index in [4.69, 9.17) is 5.73 Å². The molecule has 0 aromatic carbocycles. The summed E-state index contributed by atoms with van der Waals surface area (Å²) in [7, 11) is 0. The normalized spacial score (nSPS) is 14.7. The molecule has 0 fully saturated rings. The van der Waals surface area contributed by atoms with E-state index in [1.165, 1.54) is 0 Å². The first kappa shape index (κ1) is 14.4. The topological polar surface area (TPSA) is 46.3 Å². The predicted molar refractivity (Wildman–Crippen MR) is 64.5 cm³/mol. The Morgan fingerprint density at radius 1 is 1.27 bits per heavy atom. The molecule has 0 bridgehead atoms. The summed E-state index contributed by atoms with van der Waals surface area (Å²) < 4.78 is 0. The Hall–Kier alpha value is -0.570. The second kappa shape index (κ2) is 7.69. The molecule has 0 aliphatic rings. The molecule has 90 valence electrons. The summed E-state index contributed by atoms with van der Waals surface area (Å²) in [5.41, 5.74) is 5.52. The first-order chi connectivity index (χ1) is 7.04. The SMILES string of the molecule is CCC(C)CN(CC)C(=O)CC(C)CN. The lowest BCUT2D eigenvalue weighted by molar-refractivity contribution is -0.132. The van der Waals surface area contributed by atoms with Crippen LogP contribution in [-0.2, 0) is 4.79 Å². The fourth-order valence-electron chi connectivity index (χ4n) is 1.42. The zero-order chi connectivity index (χ0) is 11.8. The fraction of sp³-hybridized carbons (Fsp3) is 0.917. The monoisotopic (exact) mass is 214 g/mol. The van der Waals surface area contributed by atoms with Crippen molar-refractivity contribution < 1.29 is 4.79 Å². The quantitative estimate of drug-likeness (QED) is 0.703. The molecule has 15 heavy (non-hydrogen) atoms. The number of rotatable bonds is 7. The highest BCUT2D eigenvalue weighted by atomic mass is 16.2. The van der Waals surface area contributed by atoms with Gasteiger partial charge in [0.1, 0.15) is 0 Å². The van der Waals surface area contributed by atoms with Gasteiger partial charge in [0.25, 0.3) is 0 Å². The van der Waals surface area contributed by atoms with Crippen LogP contribution >= 0.6 is 0 Å². The Bertz CT molecular complexity index is 182. The van der Waals surface area contributed by atoms with Crippen molar-refractivity contribution in [2.45, 2.75) is 40.5 Å². The predicted octanol–water partition coefficient (Wildman–Crippen LogP) is 1.87. The Balaban J connectivity index is 4.10. The van der Waals surface area contributed by atoms with Crippen molar-refractivity contribution in [2.75, 3.05) is 19.6 Å². The minimum absolute atomic E-state index is 0.246. The third kappa shape index (κ3) is 5.78. The molecule has 0 spiro atoms. The molecule has 2 N–H and O–H groups in total. The highest BCUT2D eigenvalue weighted by Crippen LogP contribution is 2.08. The Labute approximate surface area is 94.0 Å². The van der Waals surface area contributed by atoms with Crippen LogP contribution in [0.25, 0.3) is 0 Å². The average Bonchev–Trinajstić information content (AvgIpc) is 2.24. The molecule has 0 aliphatic carbocycles. The number of amides is 1. The first-order valence-electron chi connectivity index (χ1n) is 6.02. The smallest absolute Gasteiger partial charge is 0.222 e. The number of nitrogens with two attached hydrogens (primary N) is 1. The Morgan fingerprint density at radius 2 is 1.87 bits per heavy atom. The minimum Gasteiger partial charge on any atom is -0.343 e. The van der Waals surface area contributed by atoms with Gasteiger partial charge in [-0.05, 0) is 25.3 Å². The number of hydrogen-bond acceptors (Lipinski definition) is 2. The molecule has 1 amide bonds. The standard InChI is InChI=1S/C12H26N2O/c1-5-10(3)9-14(6-2)12(15)7-11(4)8-13/h10-11H,5-9,13H2,1-4H3. The minimum atomic E-state index is 0.246. The van der Waals surface area contributed by atoms with E-state index in [-0.39, 0.29) is 5.91 Å². The molecule has 0 rings (SSSR count). The molecular formula is C12H26N2O. The van der Waals surface area contributed by atoms with Gasteiger partial charge in [-0.2, -0.15) is 0 Å². The van der Waals surface area contributed by atoms with Gasteiger partial charge in [-0.1, -0.05) is 27.2 Å². The summed E-state index contributed by atoms with van der Waals surface area (Å²) in [5.74, 6) is 1.13. The molecule has 0 heterocycles. The molecule has 0 aliphatic heterocycles. The van der Waals surface area contributed by atoms with E-state index in [9.17, 15) is 4.79 Å². The summed E-state index contributed by atoms with van der Waals surface area (Å²) in [6.07, 6.45) is 1.71. The molecule has 2 unspecified atom stereocenters. The number of hydrogen-bond donors (Lipinski definition) is 1. The van der Waals surface area contributed by atoms with E-state index < -0.39 is 0 Å². The lowest BCUT2D eigenvalue weighted by atomic mass is 10.1. The van der Waals surface area contributed by atoms with Gasteiger partial charge in [0.15, 0.2) is 0 Å². The van der Waals surface area contributed by atoms with Crippen molar-refractivity contribution in [3.8, 4) is 0 Å². The summed E-state index contributed by atoms with van der Waals surface area (Å²) in [6.45, 7) is 10.7. The van der Waals surface area contributed by atoms with Gasteiger partial charge in [-0.3, -0.25) is 4.79 Å². The largest absolute Gasteiger partial charge is 0.343 e. The molecule has 0 aromatic rings. The highest BCUT2D eigenvalue weighted by Gasteiger charge is 2.16. The highest BCUT2D eigenvalue weighted by molar-refractivity contribution is 5.76. The van der Waals surface area contributed by atoms with Crippen LogP contribution in [0.3, 0.4) is 0 Å².